The molecular weight excluding hydrogens is 314 g/mol. The first-order valence-corrected chi connectivity index (χ1v) is 9.25. The van der Waals surface area contributed by atoms with Crippen molar-refractivity contribution >= 4 is 34.1 Å². The Labute approximate surface area is 138 Å². The van der Waals surface area contributed by atoms with Crippen LogP contribution in [0.3, 0.4) is 0 Å². The van der Waals surface area contributed by atoms with E-state index in [2.05, 4.69) is 47.6 Å². The zero-order valence-electron chi connectivity index (χ0n) is 12.8. The van der Waals surface area contributed by atoms with E-state index in [1.807, 2.05) is 0 Å². The van der Waals surface area contributed by atoms with Gasteiger partial charge in [-0.2, -0.15) is 0 Å². The predicted molar refractivity (Wildman–Crippen MR) is 91.4 cm³/mol. The molecule has 3 rings (SSSR count). The molecule has 0 aliphatic heterocycles. The third-order valence-corrected chi connectivity index (χ3v) is 5.80. The Morgan fingerprint density at radius 1 is 1.27 bits per heavy atom. The molecule has 1 fully saturated rings. The molecule has 0 spiro atoms. The number of nitrogens with one attached hydrogen (secondary N) is 1. The number of rotatable bonds is 5. The van der Waals surface area contributed by atoms with Gasteiger partial charge in [0.05, 0.1) is 0 Å². The van der Waals surface area contributed by atoms with Crippen LogP contribution in [0.25, 0.3) is 0 Å². The lowest BCUT2D eigenvalue weighted by molar-refractivity contribution is -0.122. The van der Waals surface area contributed by atoms with Crippen LogP contribution < -0.4 is 5.32 Å². The van der Waals surface area contributed by atoms with E-state index in [0.29, 0.717) is 5.13 Å². The first kappa shape index (κ1) is 15.5. The highest BCUT2D eigenvalue weighted by atomic mass is 32.2. The molecule has 1 heterocycles. The van der Waals surface area contributed by atoms with Crippen molar-refractivity contribution in [3.8, 4) is 0 Å². The van der Waals surface area contributed by atoms with Gasteiger partial charge in [0.15, 0.2) is 4.34 Å². The standard InChI is InChI=1S/C16H19N3OS2/c1-10-6-11(2)8-12(7-10)9-21-16-19-18-15(22-16)17-14(20)13-4-3-5-13/h6-8,13H,3-5,9H2,1-2H3,(H,17,18,20). The first-order chi connectivity index (χ1) is 10.6. The second-order valence-corrected chi connectivity index (χ2v) is 7.97. The Balaban J connectivity index is 1.56. The maximum Gasteiger partial charge on any atom is 0.229 e. The molecule has 2 aromatic rings. The lowest BCUT2D eigenvalue weighted by Gasteiger charge is -2.23. The summed E-state index contributed by atoms with van der Waals surface area (Å²) in [5.41, 5.74) is 3.85. The molecule has 22 heavy (non-hydrogen) atoms. The van der Waals surface area contributed by atoms with Gasteiger partial charge in [0.1, 0.15) is 0 Å². The topological polar surface area (TPSA) is 54.9 Å². The van der Waals surface area contributed by atoms with Gasteiger partial charge in [-0.25, -0.2) is 0 Å². The molecule has 1 N–H and O–H groups in total. The highest BCUT2D eigenvalue weighted by molar-refractivity contribution is 8.00. The smallest absolute Gasteiger partial charge is 0.229 e. The Hall–Kier alpha value is -1.40. The molecule has 0 atom stereocenters. The van der Waals surface area contributed by atoms with Crippen LogP contribution in [0.15, 0.2) is 22.5 Å². The lowest BCUT2D eigenvalue weighted by Crippen LogP contribution is -2.27. The monoisotopic (exact) mass is 333 g/mol. The summed E-state index contributed by atoms with van der Waals surface area (Å²) in [6, 6.07) is 6.56. The number of benzene rings is 1. The van der Waals surface area contributed by atoms with Gasteiger partial charge >= 0.3 is 0 Å². The van der Waals surface area contributed by atoms with Crippen LogP contribution in [0.2, 0.25) is 0 Å². The summed E-state index contributed by atoms with van der Waals surface area (Å²) >= 11 is 3.11. The van der Waals surface area contributed by atoms with Gasteiger partial charge in [-0.1, -0.05) is 58.8 Å². The molecule has 116 valence electrons. The number of aryl methyl sites for hydroxylation is 2. The molecule has 0 bridgehead atoms. The Morgan fingerprint density at radius 3 is 2.64 bits per heavy atom. The van der Waals surface area contributed by atoms with E-state index in [1.165, 1.54) is 28.0 Å². The number of carbonyl (C=O) groups is 1. The van der Waals surface area contributed by atoms with E-state index in [9.17, 15) is 4.79 Å². The van der Waals surface area contributed by atoms with Crippen LogP contribution in [-0.4, -0.2) is 16.1 Å². The van der Waals surface area contributed by atoms with Crippen LogP contribution >= 0.6 is 23.1 Å². The second kappa shape index (κ2) is 6.79. The summed E-state index contributed by atoms with van der Waals surface area (Å²) in [4.78, 5) is 11.9. The minimum absolute atomic E-state index is 0.0910. The number of anilines is 1. The van der Waals surface area contributed by atoms with Crippen LogP contribution in [0.4, 0.5) is 5.13 Å². The molecule has 4 nitrogen and oxygen atoms in total. The summed E-state index contributed by atoms with van der Waals surface area (Å²) in [6.07, 6.45) is 3.16. The zero-order valence-corrected chi connectivity index (χ0v) is 14.4. The maximum absolute atomic E-state index is 11.9. The number of aromatic nitrogens is 2. The highest BCUT2D eigenvalue weighted by Gasteiger charge is 2.25. The van der Waals surface area contributed by atoms with E-state index in [1.54, 1.807) is 11.8 Å². The van der Waals surface area contributed by atoms with Crippen molar-refractivity contribution in [1.29, 1.82) is 0 Å². The van der Waals surface area contributed by atoms with Gasteiger partial charge in [-0.05, 0) is 32.3 Å². The fourth-order valence-corrected chi connectivity index (χ4v) is 4.18. The summed E-state index contributed by atoms with van der Waals surface area (Å²) in [5, 5.41) is 11.7. The summed E-state index contributed by atoms with van der Waals surface area (Å²) in [5.74, 6) is 1.14. The average Bonchev–Trinajstić information content (AvgIpc) is 2.80. The molecule has 1 aromatic carbocycles. The Kier molecular flexibility index (Phi) is 4.78. The summed E-state index contributed by atoms with van der Waals surface area (Å²) in [6.45, 7) is 4.22. The summed E-state index contributed by atoms with van der Waals surface area (Å²) in [7, 11) is 0. The van der Waals surface area contributed by atoms with Gasteiger partial charge < -0.3 is 5.32 Å². The summed E-state index contributed by atoms with van der Waals surface area (Å²) < 4.78 is 0.892. The molecule has 0 radical (unpaired) electrons. The minimum atomic E-state index is 0.0910. The SMILES string of the molecule is Cc1cc(C)cc(CSc2nnc(NC(=O)C3CCC3)s2)c1. The fraction of sp³-hybridized carbons (Fsp3) is 0.438. The number of hydrogen-bond acceptors (Lipinski definition) is 5. The van der Waals surface area contributed by atoms with Crippen molar-refractivity contribution in [2.45, 2.75) is 43.2 Å². The number of thioether (sulfide) groups is 1. The second-order valence-electron chi connectivity index (χ2n) is 5.77. The molecule has 1 aliphatic carbocycles. The van der Waals surface area contributed by atoms with Gasteiger partial charge in [-0.15, -0.1) is 10.2 Å². The maximum atomic E-state index is 11.9. The molecule has 1 aromatic heterocycles. The minimum Gasteiger partial charge on any atom is -0.300 e. The number of nitrogens with zero attached hydrogens (tertiary/aromatic N) is 2. The van der Waals surface area contributed by atoms with Gasteiger partial charge in [0, 0.05) is 11.7 Å². The van der Waals surface area contributed by atoms with Crippen LogP contribution in [0.5, 0.6) is 0 Å². The molecular formula is C16H19N3OS2. The normalized spacial score (nSPS) is 14.6. The van der Waals surface area contributed by atoms with E-state index >= 15 is 0 Å². The van der Waals surface area contributed by atoms with Crippen LogP contribution in [-0.2, 0) is 10.5 Å². The van der Waals surface area contributed by atoms with E-state index in [0.717, 1.165) is 29.4 Å². The van der Waals surface area contributed by atoms with Crippen molar-refractivity contribution < 1.29 is 4.79 Å². The van der Waals surface area contributed by atoms with E-state index in [-0.39, 0.29) is 11.8 Å². The number of amides is 1. The average molecular weight is 333 g/mol. The predicted octanol–water partition coefficient (Wildman–Crippen LogP) is 4.19. The molecule has 1 aliphatic rings. The largest absolute Gasteiger partial charge is 0.300 e. The molecule has 1 amide bonds. The van der Waals surface area contributed by atoms with Crippen molar-refractivity contribution in [1.82, 2.24) is 10.2 Å². The molecule has 1 saturated carbocycles. The zero-order chi connectivity index (χ0) is 15.5. The lowest BCUT2D eigenvalue weighted by atomic mass is 9.85. The third kappa shape index (κ3) is 3.87. The van der Waals surface area contributed by atoms with Crippen molar-refractivity contribution in [3.05, 3.63) is 34.9 Å². The van der Waals surface area contributed by atoms with Gasteiger partial charge in [0.25, 0.3) is 0 Å². The number of hydrogen-bond donors (Lipinski definition) is 1. The van der Waals surface area contributed by atoms with E-state index in [4.69, 9.17) is 0 Å². The quantitative estimate of drug-likeness (QED) is 0.658. The Morgan fingerprint density at radius 2 is 2.00 bits per heavy atom. The van der Waals surface area contributed by atoms with Crippen LogP contribution in [0.1, 0.15) is 36.0 Å². The molecule has 6 heteroatoms. The first-order valence-electron chi connectivity index (χ1n) is 7.44. The number of carbonyl (C=O) groups excluding carboxylic acids is 1. The van der Waals surface area contributed by atoms with Crippen molar-refractivity contribution in [2.75, 3.05) is 5.32 Å². The van der Waals surface area contributed by atoms with Crippen LogP contribution in [0, 0.1) is 19.8 Å². The van der Waals surface area contributed by atoms with Crippen molar-refractivity contribution in [2.24, 2.45) is 5.92 Å². The van der Waals surface area contributed by atoms with Gasteiger partial charge in [0.2, 0.25) is 11.0 Å². The van der Waals surface area contributed by atoms with E-state index < -0.39 is 0 Å². The highest BCUT2D eigenvalue weighted by Crippen LogP contribution is 2.31. The Bertz CT molecular complexity index is 660. The fourth-order valence-electron chi connectivity index (χ4n) is 2.49. The molecule has 0 saturated heterocycles. The molecule has 0 unspecified atom stereocenters. The van der Waals surface area contributed by atoms with Gasteiger partial charge in [-0.3, -0.25) is 4.79 Å². The van der Waals surface area contributed by atoms with Crippen molar-refractivity contribution in [3.63, 3.8) is 0 Å². The third-order valence-electron chi connectivity index (χ3n) is 3.76.